The lowest BCUT2D eigenvalue weighted by atomic mass is 10.3. The summed E-state index contributed by atoms with van der Waals surface area (Å²) in [5.74, 6) is 0.161. The van der Waals surface area contributed by atoms with Crippen LogP contribution in [0.2, 0.25) is 0 Å². The van der Waals surface area contributed by atoms with Crippen LogP contribution in [0.3, 0.4) is 0 Å². The minimum Gasteiger partial charge on any atom is -0.378 e. The summed E-state index contributed by atoms with van der Waals surface area (Å²) in [6.07, 6.45) is 0. The smallest absolute Gasteiger partial charge is 0.237 e. The van der Waals surface area contributed by atoms with Crippen LogP contribution in [0.25, 0.3) is 0 Å². The van der Waals surface area contributed by atoms with E-state index in [0.29, 0.717) is 45.9 Å². The summed E-state index contributed by atoms with van der Waals surface area (Å²) in [7, 11) is 0. The quantitative estimate of drug-likeness (QED) is 0.640. The standard InChI is InChI=1S/C12H20ClN3O3/c13-9-11(17)15-3-1-14(2-4-15)10-12(18)16-5-7-19-8-6-16/h1-10H2. The molecule has 2 amide bonds. The number of amides is 2. The molecule has 0 atom stereocenters. The molecule has 0 aromatic heterocycles. The van der Waals surface area contributed by atoms with Crippen molar-refractivity contribution < 1.29 is 14.3 Å². The summed E-state index contributed by atoms with van der Waals surface area (Å²) in [5.41, 5.74) is 0. The average Bonchev–Trinajstić information content (AvgIpc) is 2.48. The highest BCUT2D eigenvalue weighted by atomic mass is 35.5. The van der Waals surface area contributed by atoms with Gasteiger partial charge in [0, 0.05) is 39.3 Å². The number of hydrogen-bond acceptors (Lipinski definition) is 4. The van der Waals surface area contributed by atoms with Crippen LogP contribution in [0.1, 0.15) is 0 Å². The number of alkyl halides is 1. The Balaban J connectivity index is 1.72. The number of nitrogens with zero attached hydrogens (tertiary/aromatic N) is 3. The van der Waals surface area contributed by atoms with Gasteiger partial charge in [-0.1, -0.05) is 0 Å². The molecule has 0 radical (unpaired) electrons. The Hall–Kier alpha value is -0.850. The van der Waals surface area contributed by atoms with Gasteiger partial charge in [-0.2, -0.15) is 0 Å². The molecule has 7 heteroatoms. The van der Waals surface area contributed by atoms with Crippen molar-refractivity contribution in [2.24, 2.45) is 0 Å². The Kier molecular flexibility index (Phi) is 5.42. The van der Waals surface area contributed by atoms with Crippen molar-refractivity contribution in [3.8, 4) is 0 Å². The van der Waals surface area contributed by atoms with Crippen molar-refractivity contribution in [3.05, 3.63) is 0 Å². The highest BCUT2D eigenvalue weighted by Crippen LogP contribution is 2.05. The molecule has 6 nitrogen and oxygen atoms in total. The van der Waals surface area contributed by atoms with Crippen LogP contribution in [0.5, 0.6) is 0 Å². The first-order valence-corrected chi connectivity index (χ1v) is 7.16. The van der Waals surface area contributed by atoms with Crippen LogP contribution < -0.4 is 0 Å². The van der Waals surface area contributed by atoms with Gasteiger partial charge in [0.15, 0.2) is 0 Å². The molecule has 2 heterocycles. The predicted octanol–water partition coefficient (Wildman–Crippen LogP) is -0.772. The molecule has 0 saturated carbocycles. The van der Waals surface area contributed by atoms with Crippen LogP contribution in [0, 0.1) is 0 Å². The summed E-state index contributed by atoms with van der Waals surface area (Å²) in [6.45, 7) is 5.84. The van der Waals surface area contributed by atoms with Crippen LogP contribution in [-0.2, 0) is 14.3 Å². The zero-order valence-corrected chi connectivity index (χ0v) is 11.8. The molecule has 0 aliphatic carbocycles. The fraction of sp³-hybridized carbons (Fsp3) is 0.833. The molecule has 0 aromatic rings. The lowest BCUT2D eigenvalue weighted by Gasteiger charge is -2.35. The molecule has 2 fully saturated rings. The molecule has 108 valence electrons. The first kappa shape index (κ1) is 14.6. The predicted molar refractivity (Wildman–Crippen MR) is 71.1 cm³/mol. The van der Waals surface area contributed by atoms with Gasteiger partial charge in [0.25, 0.3) is 0 Å². The molecule has 2 aliphatic rings. The van der Waals surface area contributed by atoms with Gasteiger partial charge in [0.2, 0.25) is 11.8 Å². The van der Waals surface area contributed by atoms with Gasteiger partial charge in [-0.3, -0.25) is 14.5 Å². The third kappa shape index (κ3) is 4.06. The van der Waals surface area contributed by atoms with Crippen LogP contribution in [-0.4, -0.2) is 91.4 Å². The molecule has 0 N–H and O–H groups in total. The lowest BCUT2D eigenvalue weighted by molar-refractivity contribution is -0.137. The van der Waals surface area contributed by atoms with Crippen LogP contribution in [0.15, 0.2) is 0 Å². The van der Waals surface area contributed by atoms with Gasteiger partial charge in [0.1, 0.15) is 5.88 Å². The average molecular weight is 290 g/mol. The number of morpholine rings is 1. The molecule has 2 aliphatic heterocycles. The van der Waals surface area contributed by atoms with Crippen molar-refractivity contribution in [2.45, 2.75) is 0 Å². The number of rotatable bonds is 3. The minimum atomic E-state index is -0.0270. The second-order valence-corrected chi connectivity index (χ2v) is 5.05. The summed E-state index contributed by atoms with van der Waals surface area (Å²) >= 11 is 5.53. The summed E-state index contributed by atoms with van der Waals surface area (Å²) in [4.78, 5) is 29.2. The van der Waals surface area contributed by atoms with Crippen LogP contribution >= 0.6 is 11.6 Å². The van der Waals surface area contributed by atoms with Gasteiger partial charge in [-0.15, -0.1) is 11.6 Å². The SMILES string of the molecule is O=C(CCl)N1CCN(CC(=O)N2CCOCC2)CC1. The summed E-state index contributed by atoms with van der Waals surface area (Å²) in [6, 6.07) is 0. The number of carbonyl (C=O) groups excluding carboxylic acids is 2. The highest BCUT2D eigenvalue weighted by molar-refractivity contribution is 6.27. The van der Waals surface area contributed by atoms with Crippen molar-refractivity contribution in [1.82, 2.24) is 14.7 Å². The third-order valence-electron chi connectivity index (χ3n) is 3.56. The Labute approximate surface area is 118 Å². The fourth-order valence-corrected chi connectivity index (χ4v) is 2.51. The van der Waals surface area contributed by atoms with E-state index >= 15 is 0 Å². The second-order valence-electron chi connectivity index (χ2n) is 4.78. The van der Waals surface area contributed by atoms with E-state index in [9.17, 15) is 9.59 Å². The van der Waals surface area contributed by atoms with Gasteiger partial charge in [-0.05, 0) is 0 Å². The first-order valence-electron chi connectivity index (χ1n) is 6.62. The van der Waals surface area contributed by atoms with E-state index in [-0.39, 0.29) is 17.7 Å². The molecule has 0 unspecified atom stereocenters. The molecule has 0 spiro atoms. The van der Waals surface area contributed by atoms with E-state index in [2.05, 4.69) is 4.90 Å². The van der Waals surface area contributed by atoms with Crippen molar-refractivity contribution in [3.63, 3.8) is 0 Å². The van der Waals surface area contributed by atoms with E-state index in [0.717, 1.165) is 13.1 Å². The normalized spacial score (nSPS) is 21.5. The molecule has 0 aromatic carbocycles. The maximum Gasteiger partial charge on any atom is 0.237 e. The van der Waals surface area contributed by atoms with E-state index in [4.69, 9.17) is 16.3 Å². The van der Waals surface area contributed by atoms with Crippen molar-refractivity contribution >= 4 is 23.4 Å². The Bertz CT molecular complexity index is 326. The van der Waals surface area contributed by atoms with Crippen molar-refractivity contribution in [2.75, 3.05) is 64.9 Å². The Morgan fingerprint density at radius 3 is 2.05 bits per heavy atom. The Morgan fingerprint density at radius 2 is 1.47 bits per heavy atom. The fourth-order valence-electron chi connectivity index (χ4n) is 2.34. The topological polar surface area (TPSA) is 53.1 Å². The molecular weight excluding hydrogens is 270 g/mol. The van der Waals surface area contributed by atoms with E-state index in [1.165, 1.54) is 0 Å². The molecule has 2 rings (SSSR count). The second kappa shape index (κ2) is 7.07. The number of hydrogen-bond donors (Lipinski definition) is 0. The molecule has 19 heavy (non-hydrogen) atoms. The number of halogens is 1. The highest BCUT2D eigenvalue weighted by Gasteiger charge is 2.24. The van der Waals surface area contributed by atoms with Crippen LogP contribution in [0.4, 0.5) is 0 Å². The van der Waals surface area contributed by atoms with Gasteiger partial charge in [0.05, 0.1) is 19.8 Å². The molecular formula is C12H20ClN3O3. The van der Waals surface area contributed by atoms with Gasteiger partial charge < -0.3 is 14.5 Å². The largest absolute Gasteiger partial charge is 0.378 e. The maximum atomic E-state index is 12.1. The maximum absolute atomic E-state index is 12.1. The van der Waals surface area contributed by atoms with E-state index in [1.807, 2.05) is 4.90 Å². The van der Waals surface area contributed by atoms with Gasteiger partial charge in [-0.25, -0.2) is 0 Å². The van der Waals surface area contributed by atoms with E-state index < -0.39 is 0 Å². The molecule has 2 saturated heterocycles. The first-order chi connectivity index (χ1) is 9.20. The zero-order chi connectivity index (χ0) is 13.7. The summed E-state index contributed by atoms with van der Waals surface area (Å²) in [5, 5.41) is 0. The van der Waals surface area contributed by atoms with E-state index in [1.54, 1.807) is 4.90 Å². The monoisotopic (exact) mass is 289 g/mol. The van der Waals surface area contributed by atoms with Crippen molar-refractivity contribution in [1.29, 1.82) is 0 Å². The number of piperazine rings is 1. The lowest BCUT2D eigenvalue weighted by Crippen LogP contribution is -2.52. The Morgan fingerprint density at radius 1 is 0.895 bits per heavy atom. The van der Waals surface area contributed by atoms with Gasteiger partial charge >= 0.3 is 0 Å². The number of carbonyl (C=O) groups is 2. The molecule has 0 bridgehead atoms. The third-order valence-corrected chi connectivity index (χ3v) is 3.79. The summed E-state index contributed by atoms with van der Waals surface area (Å²) < 4.78 is 5.23. The zero-order valence-electron chi connectivity index (χ0n) is 11.0. The number of ether oxygens (including phenoxy) is 1. The minimum absolute atomic E-state index is 0.0270.